The number of nitro benzene ring substituents is 1. The Morgan fingerprint density at radius 2 is 1.85 bits per heavy atom. The van der Waals surface area contributed by atoms with Crippen LogP contribution in [0.5, 0.6) is 5.75 Å². The minimum Gasteiger partial charge on any atom is -0.661 e. The number of ether oxygens (including phenoxy) is 1. The fourth-order valence-electron chi connectivity index (χ4n) is 3.55. The standard InChI is InChI=1S/C23H20N5O5S/c1-15-18(17-7-3-4-8-19(17)25-15)14-24-26-21-12-11-16(28(29)30)13-23(21)34(31,32)27-20-9-5-6-10-22(20)33-2/h3-13,27H,14H2,1-2H3/q-1/p+1. The third-order valence-electron chi connectivity index (χ3n) is 5.20. The number of fused-ring (bicyclic) bond motifs is 1. The Labute approximate surface area is 195 Å². The van der Waals surface area contributed by atoms with Crippen LogP contribution >= 0.6 is 0 Å². The molecule has 174 valence electrons. The number of non-ortho nitro benzene ring substituents is 1. The van der Waals surface area contributed by atoms with Gasteiger partial charge in [-0.05, 0) is 28.7 Å². The van der Waals surface area contributed by atoms with Gasteiger partial charge in [-0.1, -0.05) is 43.3 Å². The molecule has 0 atom stereocenters. The second-order valence-corrected chi connectivity index (χ2v) is 9.01. The third kappa shape index (κ3) is 4.59. The summed E-state index contributed by atoms with van der Waals surface area (Å²) < 4.78 is 34.0. The molecule has 1 heterocycles. The molecule has 11 heteroatoms. The molecule has 0 unspecified atom stereocenters. The van der Waals surface area contributed by atoms with Gasteiger partial charge in [0, 0.05) is 17.7 Å². The van der Waals surface area contributed by atoms with E-state index in [-0.39, 0.29) is 22.0 Å². The van der Waals surface area contributed by atoms with Gasteiger partial charge in [0.05, 0.1) is 17.7 Å². The quantitative estimate of drug-likeness (QED) is 0.226. The maximum atomic E-state index is 13.2. The number of hydrogen-bond donors (Lipinski definition) is 2. The molecule has 0 aliphatic carbocycles. The predicted molar refractivity (Wildman–Crippen MR) is 126 cm³/mol. The highest BCUT2D eigenvalue weighted by molar-refractivity contribution is 7.92. The van der Waals surface area contributed by atoms with E-state index in [9.17, 15) is 18.5 Å². The highest BCUT2D eigenvalue weighted by Crippen LogP contribution is 2.32. The maximum absolute atomic E-state index is 13.2. The minimum absolute atomic E-state index is 0.0227. The lowest BCUT2D eigenvalue weighted by molar-refractivity contribution is -0.544. The number of rotatable bonds is 8. The monoisotopic (exact) mass is 479 g/mol. The largest absolute Gasteiger partial charge is 0.661 e. The minimum atomic E-state index is -4.24. The van der Waals surface area contributed by atoms with E-state index in [1.807, 2.05) is 31.2 Å². The van der Waals surface area contributed by atoms with Crippen LogP contribution < -0.4 is 19.6 Å². The molecule has 34 heavy (non-hydrogen) atoms. The first-order valence-corrected chi connectivity index (χ1v) is 11.7. The molecular formula is C23H21N5O5S. The summed E-state index contributed by atoms with van der Waals surface area (Å²) in [7, 11) is -2.83. The van der Waals surface area contributed by atoms with Crippen molar-refractivity contribution in [1.29, 1.82) is 0 Å². The van der Waals surface area contributed by atoms with Gasteiger partial charge in [-0.25, -0.2) is 8.42 Å². The normalized spacial score (nSPS) is 11.7. The molecule has 0 saturated heterocycles. The summed E-state index contributed by atoms with van der Waals surface area (Å²) in [6.45, 7) is 2.18. The lowest BCUT2D eigenvalue weighted by atomic mass is 10.1. The van der Waals surface area contributed by atoms with Crippen LogP contribution in [0.3, 0.4) is 0 Å². The molecule has 0 aliphatic heterocycles. The van der Waals surface area contributed by atoms with Crippen LogP contribution in [0.2, 0.25) is 0 Å². The van der Waals surface area contributed by atoms with E-state index >= 15 is 0 Å². The highest BCUT2D eigenvalue weighted by atomic mass is 32.2. The van der Waals surface area contributed by atoms with Crippen molar-refractivity contribution in [2.45, 2.75) is 18.4 Å². The number of hydrogen-bond acceptors (Lipinski definition) is 6. The first-order chi connectivity index (χ1) is 16.3. The Morgan fingerprint density at radius 1 is 1.12 bits per heavy atom. The summed E-state index contributed by atoms with van der Waals surface area (Å²) in [6, 6.07) is 17.6. The number of nitrogens with one attached hydrogen (secondary N) is 2. The Hall–Kier alpha value is -4.25. The van der Waals surface area contributed by atoms with E-state index in [2.05, 4.69) is 19.9 Å². The zero-order valence-corrected chi connectivity index (χ0v) is 19.2. The number of sulfonamides is 1. The topological polar surface area (TPSA) is 139 Å². The van der Waals surface area contributed by atoms with Gasteiger partial charge in [-0.2, -0.15) is 5.69 Å². The Balaban J connectivity index is 1.70. The molecule has 0 radical (unpaired) electrons. The number of azo groups is 1. The van der Waals surface area contributed by atoms with E-state index in [0.29, 0.717) is 12.3 Å². The van der Waals surface area contributed by atoms with Crippen LogP contribution in [0.25, 0.3) is 10.9 Å². The van der Waals surface area contributed by atoms with Gasteiger partial charge < -0.3 is 9.72 Å². The Morgan fingerprint density at radius 3 is 2.62 bits per heavy atom. The SMILES string of the molecule is COc1ccccc1NS(=O)(=O)c1cc([N+](=O)[O-])ccc1N=[NH+]Cc1c(C)[n-]c2ccccc12. The van der Waals surface area contributed by atoms with E-state index in [4.69, 9.17) is 4.74 Å². The van der Waals surface area contributed by atoms with Crippen LogP contribution in [0.15, 0.2) is 76.7 Å². The van der Waals surface area contributed by atoms with Gasteiger partial charge in [0.15, 0.2) is 12.2 Å². The molecule has 4 rings (SSSR count). The Kier molecular flexibility index (Phi) is 6.28. The summed E-state index contributed by atoms with van der Waals surface area (Å²) in [5.41, 5.74) is 2.46. The van der Waals surface area contributed by atoms with Gasteiger partial charge >= 0.3 is 0 Å². The Bertz CT molecular complexity index is 1510. The highest BCUT2D eigenvalue weighted by Gasteiger charge is 2.25. The number of nitrogens with zero attached hydrogens (tertiary/aromatic N) is 3. The summed E-state index contributed by atoms with van der Waals surface area (Å²) in [5, 5.41) is 19.4. The molecule has 10 nitrogen and oxygen atoms in total. The lowest BCUT2D eigenvalue weighted by Crippen LogP contribution is -2.63. The van der Waals surface area contributed by atoms with Crippen molar-refractivity contribution in [3.8, 4) is 5.75 Å². The van der Waals surface area contributed by atoms with Gasteiger partial charge in [-0.15, -0.1) is 10.6 Å². The van der Waals surface area contributed by atoms with Crippen molar-refractivity contribution in [3.63, 3.8) is 0 Å². The van der Waals surface area contributed by atoms with E-state index in [1.165, 1.54) is 25.3 Å². The second-order valence-electron chi connectivity index (χ2n) is 7.35. The van der Waals surface area contributed by atoms with Crippen LogP contribution in [-0.2, 0) is 16.6 Å². The molecule has 0 saturated carbocycles. The molecule has 1 aromatic heterocycles. The van der Waals surface area contributed by atoms with Crippen LogP contribution in [0.1, 0.15) is 11.3 Å². The van der Waals surface area contributed by atoms with Crippen molar-refractivity contribution in [1.82, 2.24) is 4.98 Å². The van der Waals surface area contributed by atoms with Crippen LogP contribution in [0.4, 0.5) is 17.1 Å². The van der Waals surface area contributed by atoms with Gasteiger partial charge in [0.25, 0.3) is 15.7 Å². The van der Waals surface area contributed by atoms with E-state index in [1.54, 1.807) is 18.2 Å². The lowest BCUT2D eigenvalue weighted by Gasteiger charge is -2.12. The molecule has 0 aliphatic rings. The molecule has 4 aromatic rings. The molecule has 2 N–H and O–H groups in total. The summed E-state index contributed by atoms with van der Waals surface area (Å²) >= 11 is 0. The van der Waals surface area contributed by atoms with Crippen LogP contribution in [0, 0.1) is 17.0 Å². The summed E-state index contributed by atoms with van der Waals surface area (Å²) in [5.74, 6) is 0.305. The van der Waals surface area contributed by atoms with E-state index < -0.39 is 14.9 Å². The van der Waals surface area contributed by atoms with Crippen LogP contribution in [-0.4, -0.2) is 20.5 Å². The third-order valence-corrected chi connectivity index (χ3v) is 6.60. The smallest absolute Gasteiger partial charge is 0.270 e. The zero-order chi connectivity index (χ0) is 24.3. The molecular weight excluding hydrogens is 458 g/mol. The first-order valence-electron chi connectivity index (χ1n) is 10.2. The van der Waals surface area contributed by atoms with Gasteiger partial charge in [0.2, 0.25) is 0 Å². The van der Waals surface area contributed by atoms with Crippen molar-refractivity contribution in [2.75, 3.05) is 11.8 Å². The average Bonchev–Trinajstić information content (AvgIpc) is 3.14. The average molecular weight is 480 g/mol. The molecule has 0 amide bonds. The number of nitro groups is 1. The number of aryl methyl sites for hydroxylation is 1. The molecule has 0 bridgehead atoms. The summed E-state index contributed by atoms with van der Waals surface area (Å²) in [4.78, 5) is 14.8. The number of anilines is 1. The van der Waals surface area contributed by atoms with Gasteiger partial charge in [-0.3, -0.25) is 14.8 Å². The van der Waals surface area contributed by atoms with Crippen molar-refractivity contribution in [2.24, 2.45) is 5.11 Å². The number of para-hydroxylation sites is 3. The molecule has 0 fully saturated rings. The summed E-state index contributed by atoms with van der Waals surface area (Å²) in [6.07, 6.45) is 0. The first kappa shape index (κ1) is 22.9. The van der Waals surface area contributed by atoms with Crippen molar-refractivity contribution >= 4 is 38.0 Å². The van der Waals surface area contributed by atoms with Crippen molar-refractivity contribution < 1.29 is 23.2 Å². The molecule has 0 spiro atoms. The number of benzene rings is 3. The van der Waals surface area contributed by atoms with Gasteiger partial charge in [0.1, 0.15) is 10.6 Å². The number of methoxy groups -OCH3 is 1. The second kappa shape index (κ2) is 9.32. The fraction of sp³-hybridized carbons (Fsp3) is 0.130. The zero-order valence-electron chi connectivity index (χ0n) is 18.3. The van der Waals surface area contributed by atoms with Crippen molar-refractivity contribution in [3.05, 3.63) is 88.1 Å². The molecule has 3 aromatic carbocycles. The van der Waals surface area contributed by atoms with E-state index in [0.717, 1.165) is 28.2 Å². The maximum Gasteiger partial charge on any atom is 0.270 e. The number of aromatic nitrogens is 1. The fourth-order valence-corrected chi connectivity index (χ4v) is 4.78. The predicted octanol–water partition coefficient (Wildman–Crippen LogP) is 3.19.